The number of nitrogens with zero attached hydrogens (tertiary/aromatic N) is 1. The lowest BCUT2D eigenvalue weighted by molar-refractivity contribution is -0.145. The summed E-state index contributed by atoms with van der Waals surface area (Å²) in [6.07, 6.45) is 1.76. The summed E-state index contributed by atoms with van der Waals surface area (Å²) in [6, 6.07) is 10.8. The Balaban J connectivity index is 1.73. The Bertz CT molecular complexity index is 1060. The third-order valence-corrected chi connectivity index (χ3v) is 5.96. The summed E-state index contributed by atoms with van der Waals surface area (Å²) in [5.41, 5.74) is 2.35. The molecule has 3 rings (SSSR count). The summed E-state index contributed by atoms with van der Waals surface area (Å²) >= 11 is 10.8. The minimum atomic E-state index is -0.434. The number of nitrogens with one attached hydrogen (secondary N) is 1. The van der Waals surface area contributed by atoms with E-state index in [4.69, 9.17) is 21.1 Å². The summed E-state index contributed by atoms with van der Waals surface area (Å²) in [6.45, 7) is 3.74. The molecular weight excluding hydrogens is 492 g/mol. The van der Waals surface area contributed by atoms with Gasteiger partial charge in [-0.1, -0.05) is 23.7 Å². The van der Waals surface area contributed by atoms with Crippen LogP contribution in [-0.4, -0.2) is 30.3 Å². The van der Waals surface area contributed by atoms with Gasteiger partial charge in [0.2, 0.25) is 0 Å². The Morgan fingerprint density at radius 2 is 2.13 bits per heavy atom. The number of rotatable bonds is 6. The highest BCUT2D eigenvalue weighted by molar-refractivity contribution is 9.10. The molecule has 156 valence electrons. The molecule has 2 aromatic carbocycles. The molecule has 6 nitrogen and oxygen atoms in total. The van der Waals surface area contributed by atoms with Crippen LogP contribution in [0.3, 0.4) is 0 Å². The number of hydrogen-bond acceptors (Lipinski definition) is 6. The normalized spacial score (nSPS) is 16.1. The van der Waals surface area contributed by atoms with Crippen molar-refractivity contribution in [3.8, 4) is 5.75 Å². The number of ether oxygens (including phenoxy) is 2. The number of hydrogen-bond donors (Lipinski definition) is 1. The van der Waals surface area contributed by atoms with Crippen LogP contribution in [0.25, 0.3) is 6.08 Å². The van der Waals surface area contributed by atoms with Crippen molar-refractivity contribution in [3.63, 3.8) is 0 Å². The van der Waals surface area contributed by atoms with Gasteiger partial charge in [-0.2, -0.15) is 0 Å². The summed E-state index contributed by atoms with van der Waals surface area (Å²) in [4.78, 5) is 28.8. The molecule has 1 aliphatic rings. The molecule has 1 N–H and O–H groups in total. The van der Waals surface area contributed by atoms with E-state index in [1.807, 2.05) is 19.1 Å². The highest BCUT2D eigenvalue weighted by Gasteiger charge is 2.24. The lowest BCUT2D eigenvalue weighted by Gasteiger charge is -2.08. The Kier molecular flexibility index (Phi) is 7.58. The van der Waals surface area contributed by atoms with Gasteiger partial charge < -0.3 is 14.8 Å². The molecule has 0 aliphatic carbocycles. The SMILES string of the molecule is CCOC(=O)COc1ccc(/C=C2/SC(=Nc3cccc(Cl)c3C)NC2=O)cc1Br. The number of amides is 1. The molecule has 1 aliphatic heterocycles. The van der Waals surface area contributed by atoms with Crippen LogP contribution in [0, 0.1) is 6.92 Å². The van der Waals surface area contributed by atoms with Crippen molar-refractivity contribution < 1.29 is 19.1 Å². The van der Waals surface area contributed by atoms with Gasteiger partial charge in [0.15, 0.2) is 11.8 Å². The number of esters is 1. The molecule has 9 heteroatoms. The second kappa shape index (κ2) is 10.1. The number of thioether (sulfide) groups is 1. The Morgan fingerprint density at radius 1 is 1.33 bits per heavy atom. The highest BCUT2D eigenvalue weighted by atomic mass is 79.9. The predicted octanol–water partition coefficient (Wildman–Crippen LogP) is 5.24. The number of carbonyl (C=O) groups is 2. The Hall–Kier alpha value is -2.29. The van der Waals surface area contributed by atoms with Gasteiger partial charge in [-0.05, 0) is 83.0 Å². The zero-order valence-corrected chi connectivity index (χ0v) is 19.4. The molecule has 0 atom stereocenters. The molecule has 0 aromatic heterocycles. The van der Waals surface area contributed by atoms with E-state index in [9.17, 15) is 9.59 Å². The van der Waals surface area contributed by atoms with E-state index in [-0.39, 0.29) is 12.5 Å². The van der Waals surface area contributed by atoms with Gasteiger partial charge in [-0.15, -0.1) is 0 Å². The van der Waals surface area contributed by atoms with Crippen molar-refractivity contribution in [2.75, 3.05) is 13.2 Å². The van der Waals surface area contributed by atoms with Crippen LogP contribution in [0.1, 0.15) is 18.1 Å². The van der Waals surface area contributed by atoms with Gasteiger partial charge >= 0.3 is 5.97 Å². The summed E-state index contributed by atoms with van der Waals surface area (Å²) in [7, 11) is 0. The van der Waals surface area contributed by atoms with E-state index in [1.54, 1.807) is 37.3 Å². The quantitative estimate of drug-likeness (QED) is 0.425. The standard InChI is InChI=1S/C21H18BrClN2O4S/c1-3-28-19(26)11-29-17-8-7-13(9-14(17)22)10-18-20(27)25-21(30-18)24-16-6-4-5-15(23)12(16)2/h4-10H,3,11H2,1-2H3,(H,24,25,27)/b18-10+. The van der Waals surface area contributed by atoms with Gasteiger partial charge in [0.05, 0.1) is 21.7 Å². The highest BCUT2D eigenvalue weighted by Crippen LogP contribution is 2.32. The molecule has 0 unspecified atom stereocenters. The number of amidine groups is 1. The lowest BCUT2D eigenvalue weighted by atomic mass is 10.2. The molecule has 1 fully saturated rings. The molecule has 1 saturated heterocycles. The summed E-state index contributed by atoms with van der Waals surface area (Å²) in [5.74, 6) is -0.152. The lowest BCUT2D eigenvalue weighted by Crippen LogP contribution is -2.19. The van der Waals surface area contributed by atoms with E-state index >= 15 is 0 Å². The number of carbonyl (C=O) groups excluding carboxylic acids is 2. The van der Waals surface area contributed by atoms with Crippen LogP contribution < -0.4 is 10.1 Å². The minimum Gasteiger partial charge on any atom is -0.481 e. The van der Waals surface area contributed by atoms with Crippen LogP contribution in [0.4, 0.5) is 5.69 Å². The Labute approximate surface area is 191 Å². The first-order chi connectivity index (χ1) is 14.4. The number of halogens is 2. The van der Waals surface area contributed by atoms with Crippen LogP contribution in [0.5, 0.6) is 5.75 Å². The molecule has 1 heterocycles. The molecule has 0 saturated carbocycles. The molecule has 2 aromatic rings. The largest absolute Gasteiger partial charge is 0.481 e. The van der Waals surface area contributed by atoms with E-state index in [0.29, 0.717) is 37.6 Å². The van der Waals surface area contributed by atoms with Crippen LogP contribution in [-0.2, 0) is 14.3 Å². The van der Waals surface area contributed by atoms with Gasteiger partial charge in [-0.25, -0.2) is 9.79 Å². The first kappa shape index (κ1) is 22.4. The van der Waals surface area contributed by atoms with Crippen molar-refractivity contribution in [1.82, 2.24) is 5.32 Å². The average Bonchev–Trinajstić information content (AvgIpc) is 3.04. The second-order valence-electron chi connectivity index (χ2n) is 6.15. The van der Waals surface area contributed by atoms with Crippen molar-refractivity contribution in [1.29, 1.82) is 0 Å². The van der Waals surface area contributed by atoms with Gasteiger partial charge in [0.25, 0.3) is 5.91 Å². The predicted molar refractivity (Wildman–Crippen MR) is 123 cm³/mol. The van der Waals surface area contributed by atoms with Crippen LogP contribution in [0.2, 0.25) is 5.02 Å². The van der Waals surface area contributed by atoms with Crippen molar-refractivity contribution in [3.05, 3.63) is 61.9 Å². The smallest absolute Gasteiger partial charge is 0.344 e. The number of aliphatic imine (C=N–C) groups is 1. The van der Waals surface area contributed by atoms with E-state index in [0.717, 1.165) is 11.1 Å². The van der Waals surface area contributed by atoms with Crippen LogP contribution >= 0.6 is 39.3 Å². The fourth-order valence-electron chi connectivity index (χ4n) is 2.52. The van der Waals surface area contributed by atoms with Gasteiger partial charge in [0, 0.05) is 5.02 Å². The van der Waals surface area contributed by atoms with Crippen molar-refractivity contribution >= 4 is 68.1 Å². The third-order valence-electron chi connectivity index (χ3n) is 4.02. The molecular formula is C21H18BrClN2O4S. The minimum absolute atomic E-state index is 0.173. The summed E-state index contributed by atoms with van der Waals surface area (Å²) < 4.78 is 10.9. The average molecular weight is 510 g/mol. The monoisotopic (exact) mass is 508 g/mol. The van der Waals surface area contributed by atoms with E-state index < -0.39 is 5.97 Å². The molecule has 0 radical (unpaired) electrons. The van der Waals surface area contributed by atoms with Crippen LogP contribution in [0.15, 0.2) is 50.8 Å². The van der Waals surface area contributed by atoms with Gasteiger partial charge in [-0.3, -0.25) is 4.79 Å². The topological polar surface area (TPSA) is 77.0 Å². The Morgan fingerprint density at radius 3 is 2.87 bits per heavy atom. The maximum atomic E-state index is 12.3. The maximum Gasteiger partial charge on any atom is 0.344 e. The molecule has 30 heavy (non-hydrogen) atoms. The second-order valence-corrected chi connectivity index (χ2v) is 8.44. The fourth-order valence-corrected chi connectivity index (χ4v) is 4.04. The van der Waals surface area contributed by atoms with Gasteiger partial charge in [0.1, 0.15) is 5.75 Å². The number of benzene rings is 2. The molecule has 0 bridgehead atoms. The summed E-state index contributed by atoms with van der Waals surface area (Å²) in [5, 5.41) is 3.88. The fraction of sp³-hybridized carbons (Fsp3) is 0.190. The first-order valence-corrected chi connectivity index (χ1v) is 11.0. The van der Waals surface area contributed by atoms with E-state index in [2.05, 4.69) is 26.2 Å². The van der Waals surface area contributed by atoms with Crippen molar-refractivity contribution in [2.24, 2.45) is 4.99 Å². The van der Waals surface area contributed by atoms with Crippen molar-refractivity contribution in [2.45, 2.75) is 13.8 Å². The molecule has 0 spiro atoms. The van der Waals surface area contributed by atoms with E-state index in [1.165, 1.54) is 11.8 Å². The zero-order valence-electron chi connectivity index (χ0n) is 16.2. The molecule has 1 amide bonds. The first-order valence-electron chi connectivity index (χ1n) is 9.00. The third kappa shape index (κ3) is 5.65. The zero-order chi connectivity index (χ0) is 21.7. The maximum absolute atomic E-state index is 12.3.